The molecule has 0 unspecified atom stereocenters. The maximum Gasteiger partial charge on any atom is 0.505 e. The molecule has 0 spiro atoms. The van der Waals surface area contributed by atoms with Crippen molar-refractivity contribution in [2.45, 2.75) is 69.9 Å². The summed E-state index contributed by atoms with van der Waals surface area (Å²) in [5.74, 6) is -0.426. The van der Waals surface area contributed by atoms with E-state index < -0.39 is 24.2 Å². The monoisotopic (exact) mass is 476 g/mol. The molecule has 0 aromatic carbocycles. The molecule has 0 saturated heterocycles. The van der Waals surface area contributed by atoms with Gasteiger partial charge >= 0.3 is 12.2 Å². The van der Waals surface area contributed by atoms with E-state index >= 15 is 0 Å². The molecule has 194 valence electrons. The highest BCUT2D eigenvalue weighted by atomic mass is 16.7. The van der Waals surface area contributed by atoms with Gasteiger partial charge in [0.05, 0.1) is 6.04 Å². The summed E-state index contributed by atoms with van der Waals surface area (Å²) in [6, 6.07) is -0.806. The zero-order valence-corrected chi connectivity index (χ0v) is 19.7. The summed E-state index contributed by atoms with van der Waals surface area (Å²) in [5, 5.41) is 11.5. The topological polar surface area (TPSA) is 209 Å². The summed E-state index contributed by atoms with van der Waals surface area (Å²) in [6.45, 7) is 1.63. The lowest BCUT2D eigenvalue weighted by Crippen LogP contribution is -2.46. The zero-order chi connectivity index (χ0) is 24.9. The summed E-state index contributed by atoms with van der Waals surface area (Å²) in [7, 11) is 0. The van der Waals surface area contributed by atoms with Crippen LogP contribution in [0.25, 0.3) is 0 Å². The van der Waals surface area contributed by atoms with E-state index in [4.69, 9.17) is 32.8 Å². The van der Waals surface area contributed by atoms with E-state index in [1.165, 1.54) is 4.90 Å². The Kier molecular flexibility index (Phi) is 19.1. The Bertz CT molecular complexity index is 539. The number of carbonyl (C=O) groups excluding carboxylic acids is 2. The third-order valence-electron chi connectivity index (χ3n) is 4.95. The Morgan fingerprint density at radius 3 is 2.03 bits per heavy atom. The van der Waals surface area contributed by atoms with Crippen LogP contribution in [-0.4, -0.2) is 86.2 Å². The van der Waals surface area contributed by atoms with Crippen molar-refractivity contribution in [3.05, 3.63) is 0 Å². The molecule has 0 aromatic heterocycles. The maximum atomic E-state index is 12.6. The second-order valence-electron chi connectivity index (χ2n) is 8.02. The molecule has 0 aliphatic carbocycles. The number of nitrogens with one attached hydrogen (secondary N) is 1. The number of amides is 2. The highest BCUT2D eigenvalue weighted by Crippen LogP contribution is 2.06. The quantitative estimate of drug-likeness (QED) is 0.105. The van der Waals surface area contributed by atoms with E-state index in [2.05, 4.69) is 10.1 Å². The van der Waals surface area contributed by atoms with E-state index in [9.17, 15) is 14.4 Å². The van der Waals surface area contributed by atoms with Crippen molar-refractivity contribution in [3.8, 4) is 0 Å². The number of unbranched alkanes of at least 4 members (excludes halogenated alkanes) is 4. The van der Waals surface area contributed by atoms with Gasteiger partial charge in [0.15, 0.2) is 0 Å². The van der Waals surface area contributed by atoms with Gasteiger partial charge in [-0.05, 0) is 58.2 Å². The Morgan fingerprint density at radius 1 is 0.818 bits per heavy atom. The van der Waals surface area contributed by atoms with Gasteiger partial charge in [0.2, 0.25) is 5.91 Å². The van der Waals surface area contributed by atoms with E-state index in [-0.39, 0.29) is 25.8 Å². The molecule has 10 N–H and O–H groups in total. The van der Waals surface area contributed by atoms with Gasteiger partial charge in [-0.2, -0.15) is 0 Å². The maximum absolute atomic E-state index is 12.6. The molecule has 2 atom stereocenters. The average Bonchev–Trinajstić information content (AvgIpc) is 2.78. The Hall–Kier alpha value is -2.15. The first kappa shape index (κ1) is 30.9. The summed E-state index contributed by atoms with van der Waals surface area (Å²) < 4.78 is 9.94. The van der Waals surface area contributed by atoms with Crippen LogP contribution < -0.4 is 28.3 Å². The van der Waals surface area contributed by atoms with Crippen molar-refractivity contribution in [1.82, 2.24) is 10.2 Å². The van der Waals surface area contributed by atoms with Gasteiger partial charge in [0, 0.05) is 12.6 Å². The lowest BCUT2D eigenvalue weighted by Gasteiger charge is -2.24. The normalized spacial score (nSPS) is 12.6. The molecule has 0 saturated carbocycles. The summed E-state index contributed by atoms with van der Waals surface area (Å²) >= 11 is 0. The lowest BCUT2D eigenvalue weighted by atomic mass is 10.1. The first-order valence-electron chi connectivity index (χ1n) is 11.8. The van der Waals surface area contributed by atoms with Crippen LogP contribution in [0.5, 0.6) is 0 Å². The fourth-order valence-electron chi connectivity index (χ4n) is 3.11. The number of hydrogen-bond acceptors (Lipinski definition) is 9. The van der Waals surface area contributed by atoms with Crippen molar-refractivity contribution in [2.75, 3.05) is 45.9 Å². The van der Waals surface area contributed by atoms with Gasteiger partial charge in [-0.25, -0.2) is 9.59 Å². The third-order valence-corrected chi connectivity index (χ3v) is 4.95. The number of carboxylic acid groups (broad SMARTS) is 1. The Morgan fingerprint density at radius 2 is 1.42 bits per heavy atom. The highest BCUT2D eigenvalue weighted by molar-refractivity contribution is 5.82. The van der Waals surface area contributed by atoms with Crippen LogP contribution in [0.2, 0.25) is 0 Å². The molecule has 0 bridgehead atoms. The smallest absolute Gasteiger partial charge is 0.450 e. The van der Waals surface area contributed by atoms with Crippen molar-refractivity contribution >= 4 is 18.2 Å². The second kappa shape index (κ2) is 20.5. The molecule has 0 aliphatic heterocycles. The predicted molar refractivity (Wildman–Crippen MR) is 126 cm³/mol. The Balaban J connectivity index is 4.84. The van der Waals surface area contributed by atoms with Crippen molar-refractivity contribution < 1.29 is 29.0 Å². The molecule has 12 heteroatoms. The number of carbonyl (C=O) groups is 3. The lowest BCUT2D eigenvalue weighted by molar-refractivity contribution is -0.123. The van der Waals surface area contributed by atoms with Crippen LogP contribution in [0, 0.1) is 0 Å². The SMILES string of the molecule is NCCCCCN(CC(=O)N[C@H](CCCCN)COC(=O)O)C(=O)OC[C@@H](N)CCCCN. The fourth-order valence-corrected chi connectivity index (χ4v) is 3.11. The minimum Gasteiger partial charge on any atom is -0.450 e. The molecule has 2 amide bonds. The summed E-state index contributed by atoms with van der Waals surface area (Å²) in [5.41, 5.74) is 22.5. The third kappa shape index (κ3) is 18.0. The number of ether oxygens (including phenoxy) is 2. The summed E-state index contributed by atoms with van der Waals surface area (Å²) in [4.78, 5) is 37.2. The van der Waals surface area contributed by atoms with E-state index in [0.29, 0.717) is 51.9 Å². The molecule has 0 aromatic rings. The van der Waals surface area contributed by atoms with Crippen LogP contribution in [0.15, 0.2) is 0 Å². The largest absolute Gasteiger partial charge is 0.505 e. The molecule has 12 nitrogen and oxygen atoms in total. The van der Waals surface area contributed by atoms with Gasteiger partial charge < -0.3 is 42.8 Å². The van der Waals surface area contributed by atoms with E-state index in [0.717, 1.165) is 32.1 Å². The molecule has 33 heavy (non-hydrogen) atoms. The standard InChI is InChI=1S/C21H44N6O6/c22-10-4-1-7-13-27(20(29)32-15-17(25)8-2-5-11-23)14-19(28)26-18(9-3-6-12-24)16-33-21(30)31/h17-18H,1-16,22-25H2,(H,26,28)(H,30,31)/t17-,18+/m0/s1. The number of rotatable bonds is 20. The van der Waals surface area contributed by atoms with Crippen LogP contribution in [0.1, 0.15) is 57.8 Å². The minimum atomic E-state index is -1.42. The average molecular weight is 477 g/mol. The number of nitrogens with zero attached hydrogens (tertiary/aromatic N) is 1. The first-order chi connectivity index (χ1) is 15.8. The number of nitrogens with two attached hydrogens (primary N) is 4. The molecule has 0 heterocycles. The Labute approximate surface area is 196 Å². The van der Waals surface area contributed by atoms with E-state index in [1.54, 1.807) is 0 Å². The minimum absolute atomic E-state index is 0.0541. The molecule has 0 fully saturated rings. The van der Waals surface area contributed by atoms with Crippen LogP contribution in [0.4, 0.5) is 9.59 Å². The van der Waals surface area contributed by atoms with Gasteiger partial charge in [-0.1, -0.05) is 19.3 Å². The van der Waals surface area contributed by atoms with Crippen LogP contribution >= 0.6 is 0 Å². The van der Waals surface area contributed by atoms with Gasteiger partial charge in [0.25, 0.3) is 0 Å². The number of hydrogen-bond donors (Lipinski definition) is 6. The molecule has 0 rings (SSSR count). The molecular formula is C21H44N6O6. The van der Waals surface area contributed by atoms with Crippen LogP contribution in [-0.2, 0) is 14.3 Å². The predicted octanol–water partition coefficient (Wildman–Crippen LogP) is 0.319. The van der Waals surface area contributed by atoms with Crippen LogP contribution in [0.3, 0.4) is 0 Å². The van der Waals surface area contributed by atoms with Crippen molar-refractivity contribution in [3.63, 3.8) is 0 Å². The van der Waals surface area contributed by atoms with Gasteiger partial charge in [0.1, 0.15) is 19.8 Å². The van der Waals surface area contributed by atoms with Crippen molar-refractivity contribution in [2.24, 2.45) is 22.9 Å². The molecular weight excluding hydrogens is 432 g/mol. The highest BCUT2D eigenvalue weighted by Gasteiger charge is 2.22. The molecule has 0 radical (unpaired) electrons. The van der Waals surface area contributed by atoms with E-state index in [1.807, 2.05) is 0 Å². The molecule has 0 aliphatic rings. The second-order valence-corrected chi connectivity index (χ2v) is 8.02. The van der Waals surface area contributed by atoms with Gasteiger partial charge in [-0.15, -0.1) is 0 Å². The van der Waals surface area contributed by atoms with Crippen molar-refractivity contribution in [1.29, 1.82) is 0 Å². The van der Waals surface area contributed by atoms with Gasteiger partial charge in [-0.3, -0.25) is 9.69 Å². The fraction of sp³-hybridized carbons (Fsp3) is 0.857. The zero-order valence-electron chi connectivity index (χ0n) is 19.7. The first-order valence-corrected chi connectivity index (χ1v) is 11.8. The summed E-state index contributed by atoms with van der Waals surface area (Å²) in [6.07, 6.45) is 4.62.